The lowest BCUT2D eigenvalue weighted by atomic mass is 10.3. The molecule has 1 rings (SSSR count). The minimum absolute atomic E-state index is 0.0648. The smallest absolute Gasteiger partial charge is 0.226 e. The Morgan fingerprint density at radius 2 is 2.35 bits per heavy atom. The normalized spacial score (nSPS) is 9.94. The van der Waals surface area contributed by atoms with Gasteiger partial charge in [0.2, 0.25) is 12.3 Å². The molecular weight excluding hydrogens is 240 g/mol. The molecule has 0 aliphatic carbocycles. The van der Waals surface area contributed by atoms with Crippen LogP contribution in [0.1, 0.15) is 17.1 Å². The third kappa shape index (κ3) is 5.41. The van der Waals surface area contributed by atoms with Gasteiger partial charge in [-0.05, 0) is 6.42 Å². The highest BCUT2D eigenvalue weighted by Crippen LogP contribution is 2.08. The van der Waals surface area contributed by atoms with Gasteiger partial charge in [-0.3, -0.25) is 9.59 Å². The molecule has 0 unspecified atom stereocenters. The van der Waals surface area contributed by atoms with Crippen molar-refractivity contribution in [3.8, 4) is 0 Å². The van der Waals surface area contributed by atoms with Crippen LogP contribution in [0.4, 0.5) is 0 Å². The number of carbonyl (C=O) groups excluding carboxylic acids is 2. The molecule has 7 heteroatoms. The van der Waals surface area contributed by atoms with Crippen molar-refractivity contribution in [2.24, 2.45) is 5.73 Å². The number of carbonyl (C=O) groups is 2. The largest absolute Gasteiger partial charge is 0.359 e. The van der Waals surface area contributed by atoms with Crippen molar-refractivity contribution < 1.29 is 9.59 Å². The van der Waals surface area contributed by atoms with Crippen LogP contribution >= 0.6 is 11.3 Å². The van der Waals surface area contributed by atoms with Gasteiger partial charge in [-0.25, -0.2) is 4.98 Å². The number of hydrogen-bond acceptors (Lipinski definition) is 5. The van der Waals surface area contributed by atoms with E-state index in [0.717, 1.165) is 17.1 Å². The van der Waals surface area contributed by atoms with Crippen LogP contribution < -0.4 is 16.4 Å². The zero-order valence-electron chi connectivity index (χ0n) is 9.44. The van der Waals surface area contributed by atoms with E-state index in [-0.39, 0.29) is 12.3 Å². The van der Waals surface area contributed by atoms with E-state index in [1.54, 1.807) is 0 Å². The highest BCUT2D eigenvalue weighted by molar-refractivity contribution is 7.09. The summed E-state index contributed by atoms with van der Waals surface area (Å²) < 4.78 is 0. The van der Waals surface area contributed by atoms with E-state index in [1.165, 1.54) is 11.3 Å². The van der Waals surface area contributed by atoms with Crippen molar-refractivity contribution in [1.82, 2.24) is 15.6 Å². The topological polar surface area (TPSA) is 97.1 Å². The molecule has 4 N–H and O–H groups in total. The van der Waals surface area contributed by atoms with Gasteiger partial charge < -0.3 is 16.4 Å². The first-order chi connectivity index (χ1) is 8.26. The molecule has 0 aliphatic heterocycles. The Bertz CT molecular complexity index is 367. The second kappa shape index (κ2) is 7.75. The van der Waals surface area contributed by atoms with Crippen molar-refractivity contribution in [2.75, 3.05) is 13.1 Å². The van der Waals surface area contributed by atoms with Crippen LogP contribution in [-0.4, -0.2) is 30.4 Å². The highest BCUT2D eigenvalue weighted by atomic mass is 32.1. The number of hydrogen-bond donors (Lipinski definition) is 3. The molecule has 0 radical (unpaired) electrons. The van der Waals surface area contributed by atoms with Gasteiger partial charge in [-0.1, -0.05) is 0 Å². The fourth-order valence-corrected chi connectivity index (χ4v) is 1.90. The molecule has 0 saturated carbocycles. The molecular formula is C10H16N4O2S. The Morgan fingerprint density at radius 1 is 1.53 bits per heavy atom. The predicted octanol–water partition coefficient (Wildman–Crippen LogP) is -0.603. The van der Waals surface area contributed by atoms with Gasteiger partial charge in [-0.15, -0.1) is 11.3 Å². The standard InChI is InChI=1S/C10H16N4O2S/c11-5-10-14-8(6-17-10)4-9(16)13-3-1-2-12-7-15/h6-7H,1-5,11H2,(H,12,15)(H,13,16). The van der Waals surface area contributed by atoms with Gasteiger partial charge in [0.25, 0.3) is 0 Å². The average Bonchev–Trinajstić information content (AvgIpc) is 2.76. The van der Waals surface area contributed by atoms with Crippen LogP contribution in [0.5, 0.6) is 0 Å². The predicted molar refractivity (Wildman–Crippen MR) is 65.4 cm³/mol. The second-order valence-corrected chi connectivity index (χ2v) is 4.33. The van der Waals surface area contributed by atoms with E-state index in [4.69, 9.17) is 5.73 Å². The molecule has 1 heterocycles. The van der Waals surface area contributed by atoms with Gasteiger partial charge in [0.15, 0.2) is 0 Å². The number of aromatic nitrogens is 1. The SMILES string of the molecule is NCc1nc(CC(=O)NCCCNC=O)cs1. The lowest BCUT2D eigenvalue weighted by Gasteiger charge is -2.03. The molecule has 0 atom stereocenters. The number of nitrogens with two attached hydrogens (primary N) is 1. The van der Waals surface area contributed by atoms with Gasteiger partial charge in [-0.2, -0.15) is 0 Å². The number of rotatable bonds is 8. The third-order valence-electron chi connectivity index (χ3n) is 2.02. The minimum Gasteiger partial charge on any atom is -0.359 e. The maximum atomic E-state index is 11.5. The lowest BCUT2D eigenvalue weighted by molar-refractivity contribution is -0.120. The monoisotopic (exact) mass is 256 g/mol. The van der Waals surface area contributed by atoms with E-state index in [1.807, 2.05) is 5.38 Å². The van der Waals surface area contributed by atoms with Gasteiger partial charge in [0.1, 0.15) is 5.01 Å². The fourth-order valence-electron chi connectivity index (χ4n) is 1.23. The number of nitrogens with one attached hydrogen (secondary N) is 2. The van der Waals surface area contributed by atoms with Crippen molar-refractivity contribution in [2.45, 2.75) is 19.4 Å². The van der Waals surface area contributed by atoms with Crippen LogP contribution in [0.3, 0.4) is 0 Å². The van der Waals surface area contributed by atoms with Crippen LogP contribution in [-0.2, 0) is 22.6 Å². The summed E-state index contributed by atoms with van der Waals surface area (Å²) in [4.78, 5) is 25.6. The van der Waals surface area contributed by atoms with E-state index in [2.05, 4.69) is 15.6 Å². The fraction of sp³-hybridized carbons (Fsp3) is 0.500. The maximum Gasteiger partial charge on any atom is 0.226 e. The summed E-state index contributed by atoms with van der Waals surface area (Å²) in [5.74, 6) is -0.0648. The molecule has 2 amide bonds. The summed E-state index contributed by atoms with van der Waals surface area (Å²) in [5, 5.41) is 7.96. The van der Waals surface area contributed by atoms with Crippen LogP contribution in [0.15, 0.2) is 5.38 Å². The molecule has 0 spiro atoms. The van der Waals surface area contributed by atoms with Crippen LogP contribution in [0.25, 0.3) is 0 Å². The molecule has 0 bridgehead atoms. The van der Waals surface area contributed by atoms with Gasteiger partial charge >= 0.3 is 0 Å². The molecule has 6 nitrogen and oxygen atoms in total. The highest BCUT2D eigenvalue weighted by Gasteiger charge is 2.06. The van der Waals surface area contributed by atoms with Crippen molar-refractivity contribution >= 4 is 23.7 Å². The molecule has 0 saturated heterocycles. The Balaban J connectivity index is 2.18. The van der Waals surface area contributed by atoms with Gasteiger partial charge in [0.05, 0.1) is 12.1 Å². The zero-order valence-corrected chi connectivity index (χ0v) is 10.3. The Morgan fingerprint density at radius 3 is 3.00 bits per heavy atom. The maximum absolute atomic E-state index is 11.5. The Hall–Kier alpha value is -1.47. The molecule has 94 valence electrons. The molecule has 0 fully saturated rings. The number of nitrogens with zero attached hydrogens (tertiary/aromatic N) is 1. The lowest BCUT2D eigenvalue weighted by Crippen LogP contribution is -2.28. The Labute approximate surface area is 104 Å². The first-order valence-corrected chi connectivity index (χ1v) is 6.21. The van der Waals surface area contributed by atoms with E-state index in [0.29, 0.717) is 26.0 Å². The quantitative estimate of drug-likeness (QED) is 0.427. The molecule has 17 heavy (non-hydrogen) atoms. The molecule has 1 aromatic heterocycles. The van der Waals surface area contributed by atoms with Crippen molar-refractivity contribution in [3.63, 3.8) is 0 Å². The number of amides is 2. The van der Waals surface area contributed by atoms with Crippen molar-refractivity contribution in [1.29, 1.82) is 0 Å². The van der Waals surface area contributed by atoms with Crippen LogP contribution in [0.2, 0.25) is 0 Å². The molecule has 0 aliphatic rings. The summed E-state index contributed by atoms with van der Waals surface area (Å²) in [6.07, 6.45) is 1.64. The first-order valence-electron chi connectivity index (χ1n) is 5.33. The first kappa shape index (κ1) is 13.6. The summed E-state index contributed by atoms with van der Waals surface area (Å²) in [5.41, 5.74) is 6.18. The minimum atomic E-state index is -0.0648. The Kier molecular flexibility index (Phi) is 6.19. The summed E-state index contributed by atoms with van der Waals surface area (Å²) in [6.45, 7) is 1.52. The summed E-state index contributed by atoms with van der Waals surface area (Å²) >= 11 is 1.46. The van der Waals surface area contributed by atoms with E-state index in [9.17, 15) is 9.59 Å². The molecule has 0 aromatic carbocycles. The second-order valence-electron chi connectivity index (χ2n) is 3.39. The number of thiazole rings is 1. The van der Waals surface area contributed by atoms with Crippen LogP contribution in [0, 0.1) is 0 Å². The summed E-state index contributed by atoms with van der Waals surface area (Å²) in [7, 11) is 0. The average molecular weight is 256 g/mol. The third-order valence-corrected chi connectivity index (χ3v) is 2.94. The molecule has 1 aromatic rings. The zero-order chi connectivity index (χ0) is 12.5. The van der Waals surface area contributed by atoms with E-state index >= 15 is 0 Å². The van der Waals surface area contributed by atoms with Crippen molar-refractivity contribution in [3.05, 3.63) is 16.1 Å². The van der Waals surface area contributed by atoms with Gasteiger partial charge in [0, 0.05) is 25.0 Å². The summed E-state index contributed by atoms with van der Waals surface area (Å²) in [6, 6.07) is 0. The van der Waals surface area contributed by atoms with E-state index < -0.39 is 0 Å².